The van der Waals surface area contributed by atoms with Crippen LogP contribution in [0.4, 0.5) is 0 Å². The van der Waals surface area contributed by atoms with Crippen LogP contribution in [0.25, 0.3) is 6.08 Å². The monoisotopic (exact) mass is 195 g/mol. The lowest BCUT2D eigenvalue weighted by atomic mass is 10.1. The number of carbonyl (C=O) groups is 1. The van der Waals surface area contributed by atoms with Gasteiger partial charge >= 0.3 is 0 Å². The number of ketones is 1. The molecular weight excluding hydrogens is 182 g/mol. The van der Waals surface area contributed by atoms with E-state index in [1.165, 1.54) is 0 Å². The predicted octanol–water partition coefficient (Wildman–Crippen LogP) is 2.69. The molecule has 0 atom stereocenters. The van der Waals surface area contributed by atoms with Crippen molar-refractivity contribution < 1.29 is 4.79 Å². The van der Waals surface area contributed by atoms with Gasteiger partial charge in [0.05, 0.1) is 0 Å². The molecule has 0 aliphatic carbocycles. The summed E-state index contributed by atoms with van der Waals surface area (Å²) >= 11 is 1.59. The molecule has 0 spiro atoms. The van der Waals surface area contributed by atoms with Crippen LogP contribution in [-0.2, 0) is 4.79 Å². The SMILES string of the molecule is Cc1cnc(/C=C/C(=O)C(C)C)s1. The third kappa shape index (κ3) is 3.11. The quantitative estimate of drug-likeness (QED) is 0.694. The molecule has 13 heavy (non-hydrogen) atoms. The van der Waals surface area contributed by atoms with Crippen molar-refractivity contribution in [3.05, 3.63) is 22.2 Å². The maximum atomic E-state index is 11.2. The van der Waals surface area contributed by atoms with E-state index in [9.17, 15) is 4.79 Å². The molecular formula is C10H13NOS. The second-order valence-electron chi connectivity index (χ2n) is 3.20. The molecule has 0 N–H and O–H groups in total. The van der Waals surface area contributed by atoms with E-state index in [4.69, 9.17) is 0 Å². The second kappa shape index (κ2) is 4.33. The lowest BCUT2D eigenvalue weighted by molar-refractivity contribution is -0.117. The Labute approximate surface area is 82.3 Å². The molecule has 1 aromatic rings. The summed E-state index contributed by atoms with van der Waals surface area (Å²) in [6.07, 6.45) is 5.19. The van der Waals surface area contributed by atoms with Crippen molar-refractivity contribution in [1.82, 2.24) is 4.98 Å². The van der Waals surface area contributed by atoms with E-state index in [0.29, 0.717) is 0 Å². The van der Waals surface area contributed by atoms with Crippen LogP contribution < -0.4 is 0 Å². The van der Waals surface area contributed by atoms with E-state index < -0.39 is 0 Å². The fourth-order valence-corrected chi connectivity index (χ4v) is 1.47. The van der Waals surface area contributed by atoms with Crippen LogP contribution in [0.5, 0.6) is 0 Å². The Morgan fingerprint density at radius 2 is 2.31 bits per heavy atom. The highest BCUT2D eigenvalue weighted by atomic mass is 32.1. The van der Waals surface area contributed by atoms with Crippen LogP contribution >= 0.6 is 11.3 Å². The number of rotatable bonds is 3. The minimum absolute atomic E-state index is 0.0670. The average molecular weight is 195 g/mol. The Morgan fingerprint density at radius 3 is 2.77 bits per heavy atom. The van der Waals surface area contributed by atoms with Crippen LogP contribution in [-0.4, -0.2) is 10.8 Å². The van der Waals surface area contributed by atoms with Gasteiger partial charge in [0.1, 0.15) is 5.01 Å². The Bertz CT molecular complexity index is 325. The number of aromatic nitrogens is 1. The molecule has 1 heterocycles. The third-order valence-corrected chi connectivity index (χ3v) is 2.48. The largest absolute Gasteiger partial charge is 0.295 e. The van der Waals surface area contributed by atoms with Gasteiger partial charge in [0.15, 0.2) is 5.78 Å². The third-order valence-electron chi connectivity index (χ3n) is 1.60. The minimum atomic E-state index is 0.0670. The number of hydrogen-bond donors (Lipinski definition) is 0. The Morgan fingerprint density at radius 1 is 1.62 bits per heavy atom. The van der Waals surface area contributed by atoms with Crippen molar-refractivity contribution in [3.8, 4) is 0 Å². The number of nitrogens with zero attached hydrogens (tertiary/aromatic N) is 1. The normalized spacial score (nSPS) is 11.4. The molecule has 1 aromatic heterocycles. The summed E-state index contributed by atoms with van der Waals surface area (Å²) in [5, 5.41) is 0.895. The molecule has 0 fully saturated rings. The zero-order valence-corrected chi connectivity index (χ0v) is 8.89. The van der Waals surface area contributed by atoms with Crippen LogP contribution in [0, 0.1) is 12.8 Å². The number of aryl methyl sites for hydroxylation is 1. The highest BCUT2D eigenvalue weighted by Gasteiger charge is 2.02. The first-order chi connectivity index (χ1) is 6.09. The fraction of sp³-hybridized carbons (Fsp3) is 0.400. The molecule has 0 aromatic carbocycles. The molecule has 1 rings (SSSR count). The molecule has 0 amide bonds. The molecule has 70 valence electrons. The van der Waals surface area contributed by atoms with Crippen LogP contribution in [0.15, 0.2) is 12.3 Å². The molecule has 0 unspecified atom stereocenters. The Hall–Kier alpha value is -0.960. The van der Waals surface area contributed by atoms with Gasteiger partial charge in [-0.3, -0.25) is 4.79 Å². The van der Waals surface area contributed by atoms with Crippen molar-refractivity contribution >= 4 is 23.2 Å². The van der Waals surface area contributed by atoms with Crippen molar-refractivity contribution in [2.45, 2.75) is 20.8 Å². The highest BCUT2D eigenvalue weighted by Crippen LogP contribution is 2.12. The maximum Gasteiger partial charge on any atom is 0.158 e. The number of hydrogen-bond acceptors (Lipinski definition) is 3. The van der Waals surface area contributed by atoms with Gasteiger partial charge in [-0.2, -0.15) is 0 Å². The van der Waals surface area contributed by atoms with Crippen LogP contribution in [0.1, 0.15) is 23.7 Å². The standard InChI is InChI=1S/C10H13NOS/c1-7(2)9(12)4-5-10-11-6-8(3)13-10/h4-7H,1-3H3/b5-4+. The molecule has 0 saturated heterocycles. The van der Waals surface area contributed by atoms with Gasteiger partial charge in [-0.05, 0) is 19.1 Å². The van der Waals surface area contributed by atoms with Crippen molar-refractivity contribution in [2.75, 3.05) is 0 Å². The first-order valence-corrected chi connectivity index (χ1v) is 5.05. The van der Waals surface area contributed by atoms with Crippen molar-refractivity contribution in [3.63, 3.8) is 0 Å². The topological polar surface area (TPSA) is 30.0 Å². The van der Waals surface area contributed by atoms with Crippen LogP contribution in [0.3, 0.4) is 0 Å². The van der Waals surface area contributed by atoms with Crippen LogP contribution in [0.2, 0.25) is 0 Å². The average Bonchev–Trinajstić information content (AvgIpc) is 2.47. The van der Waals surface area contributed by atoms with E-state index in [1.807, 2.05) is 27.0 Å². The fourth-order valence-electron chi connectivity index (χ4n) is 0.795. The zero-order chi connectivity index (χ0) is 9.84. The molecule has 0 aliphatic rings. The first-order valence-electron chi connectivity index (χ1n) is 4.24. The lowest BCUT2D eigenvalue weighted by Gasteiger charge is -1.94. The first kappa shape index (κ1) is 10.1. The summed E-state index contributed by atoms with van der Waals surface area (Å²) in [5.41, 5.74) is 0. The van der Waals surface area contributed by atoms with Gasteiger partial charge in [-0.25, -0.2) is 4.98 Å². The summed E-state index contributed by atoms with van der Waals surface area (Å²) in [7, 11) is 0. The predicted molar refractivity (Wildman–Crippen MR) is 55.7 cm³/mol. The number of thiazole rings is 1. The molecule has 3 heteroatoms. The molecule has 0 radical (unpaired) electrons. The van der Waals surface area contributed by atoms with Gasteiger partial charge in [0.2, 0.25) is 0 Å². The van der Waals surface area contributed by atoms with Crippen molar-refractivity contribution in [2.24, 2.45) is 5.92 Å². The summed E-state index contributed by atoms with van der Waals surface area (Å²) in [4.78, 5) is 16.5. The van der Waals surface area contributed by atoms with Gasteiger partial charge in [-0.1, -0.05) is 13.8 Å². The number of allylic oxidation sites excluding steroid dienone is 1. The smallest absolute Gasteiger partial charge is 0.158 e. The van der Waals surface area contributed by atoms with E-state index in [2.05, 4.69) is 4.98 Å². The minimum Gasteiger partial charge on any atom is -0.295 e. The molecule has 2 nitrogen and oxygen atoms in total. The summed E-state index contributed by atoms with van der Waals surface area (Å²) in [6.45, 7) is 5.78. The summed E-state index contributed by atoms with van der Waals surface area (Å²) in [6, 6.07) is 0. The molecule has 0 aliphatic heterocycles. The van der Waals surface area contributed by atoms with Crippen molar-refractivity contribution in [1.29, 1.82) is 0 Å². The Balaban J connectivity index is 2.64. The van der Waals surface area contributed by atoms with Gasteiger partial charge in [0, 0.05) is 17.0 Å². The molecule has 0 saturated carbocycles. The van der Waals surface area contributed by atoms with E-state index in [1.54, 1.807) is 23.5 Å². The van der Waals surface area contributed by atoms with Gasteiger partial charge < -0.3 is 0 Å². The van der Waals surface area contributed by atoms with Gasteiger partial charge in [-0.15, -0.1) is 11.3 Å². The second-order valence-corrected chi connectivity index (χ2v) is 4.47. The van der Waals surface area contributed by atoms with E-state index in [0.717, 1.165) is 9.88 Å². The van der Waals surface area contributed by atoms with E-state index in [-0.39, 0.29) is 11.7 Å². The van der Waals surface area contributed by atoms with E-state index >= 15 is 0 Å². The lowest BCUT2D eigenvalue weighted by Crippen LogP contribution is -2.01. The summed E-state index contributed by atoms with van der Waals surface area (Å²) in [5.74, 6) is 0.213. The highest BCUT2D eigenvalue weighted by molar-refractivity contribution is 7.12. The summed E-state index contributed by atoms with van der Waals surface area (Å²) < 4.78 is 0. The van der Waals surface area contributed by atoms with Gasteiger partial charge in [0.25, 0.3) is 0 Å². The molecule has 0 bridgehead atoms. The maximum absolute atomic E-state index is 11.2. The zero-order valence-electron chi connectivity index (χ0n) is 8.07. The Kier molecular flexibility index (Phi) is 3.37. The number of carbonyl (C=O) groups excluding carboxylic acids is 1.